The first-order valence-electron chi connectivity index (χ1n) is 14.7. The molecule has 0 bridgehead atoms. The first-order valence-corrected chi connectivity index (χ1v) is 17.0. The molecule has 0 aliphatic carbocycles. The van der Waals surface area contributed by atoms with E-state index in [1.165, 1.54) is 41.2 Å². The second-order valence-corrected chi connectivity index (χ2v) is 13.8. The molecular formula is C32H34N6O5S2. The summed E-state index contributed by atoms with van der Waals surface area (Å²) in [7, 11) is -3.97. The summed E-state index contributed by atoms with van der Waals surface area (Å²) in [5, 5.41) is 21.3. The van der Waals surface area contributed by atoms with E-state index >= 15 is 0 Å². The SMILES string of the molecule is N#CCCN(CCC#N)S(=O)(=O)c1ccc(C(=O)Nc2sc3c(c2C(=O)N2CCOCC2)CCN(Cc2ccccc2)C3)cc1. The molecule has 11 nitrogen and oxygen atoms in total. The minimum Gasteiger partial charge on any atom is -0.378 e. The van der Waals surface area contributed by atoms with Crippen molar-refractivity contribution in [3.05, 3.63) is 81.7 Å². The van der Waals surface area contributed by atoms with Gasteiger partial charge in [-0.3, -0.25) is 14.5 Å². The van der Waals surface area contributed by atoms with Crippen molar-refractivity contribution in [3.63, 3.8) is 0 Å². The van der Waals surface area contributed by atoms with Crippen molar-refractivity contribution >= 4 is 38.2 Å². The molecule has 0 unspecified atom stereocenters. The van der Waals surface area contributed by atoms with Gasteiger partial charge in [0.2, 0.25) is 10.0 Å². The summed E-state index contributed by atoms with van der Waals surface area (Å²) in [5.74, 6) is -0.584. The van der Waals surface area contributed by atoms with Crippen molar-refractivity contribution in [3.8, 4) is 12.1 Å². The summed E-state index contributed by atoms with van der Waals surface area (Å²) in [5.41, 5.74) is 2.93. The summed E-state index contributed by atoms with van der Waals surface area (Å²) >= 11 is 1.41. The molecule has 13 heteroatoms. The van der Waals surface area contributed by atoms with E-state index in [0.29, 0.717) is 49.8 Å². The molecule has 1 saturated heterocycles. The maximum absolute atomic E-state index is 13.8. The van der Waals surface area contributed by atoms with E-state index in [2.05, 4.69) is 22.3 Å². The Bertz CT molecular complexity index is 1690. The lowest BCUT2D eigenvalue weighted by Crippen LogP contribution is -2.41. The van der Waals surface area contributed by atoms with E-state index in [1.54, 1.807) is 4.90 Å². The molecule has 234 valence electrons. The molecule has 2 aromatic carbocycles. The molecule has 1 fully saturated rings. The third-order valence-corrected chi connectivity index (χ3v) is 10.9. The van der Waals surface area contributed by atoms with Gasteiger partial charge in [0.15, 0.2) is 0 Å². The van der Waals surface area contributed by atoms with Crippen molar-refractivity contribution < 1.29 is 22.7 Å². The molecule has 2 aliphatic heterocycles. The van der Waals surface area contributed by atoms with Gasteiger partial charge in [-0.05, 0) is 41.8 Å². The number of thiophene rings is 1. The first kappa shape index (κ1) is 32.3. The molecule has 0 spiro atoms. The number of carbonyl (C=O) groups excluding carboxylic acids is 2. The zero-order chi connectivity index (χ0) is 31.8. The van der Waals surface area contributed by atoms with E-state index in [0.717, 1.165) is 27.8 Å². The number of amides is 2. The van der Waals surface area contributed by atoms with Gasteiger partial charge in [0.1, 0.15) is 5.00 Å². The lowest BCUT2D eigenvalue weighted by Gasteiger charge is -2.29. The van der Waals surface area contributed by atoms with Crippen LogP contribution in [0, 0.1) is 22.7 Å². The van der Waals surface area contributed by atoms with E-state index in [4.69, 9.17) is 15.3 Å². The maximum Gasteiger partial charge on any atom is 0.257 e. The molecule has 1 aromatic heterocycles. The predicted molar refractivity (Wildman–Crippen MR) is 169 cm³/mol. The number of nitrogens with one attached hydrogen (secondary N) is 1. The number of sulfonamides is 1. The fraction of sp³-hybridized carbons (Fsp3) is 0.375. The van der Waals surface area contributed by atoms with Crippen LogP contribution in [0.3, 0.4) is 0 Å². The summed E-state index contributed by atoms with van der Waals surface area (Å²) < 4.78 is 32.9. The highest BCUT2D eigenvalue weighted by Gasteiger charge is 2.32. The van der Waals surface area contributed by atoms with Gasteiger partial charge < -0.3 is 15.0 Å². The van der Waals surface area contributed by atoms with Crippen LogP contribution in [-0.4, -0.2) is 80.3 Å². The summed E-state index contributed by atoms with van der Waals surface area (Å²) in [6.45, 7) is 4.04. The van der Waals surface area contributed by atoms with Gasteiger partial charge in [0, 0.05) is 69.1 Å². The van der Waals surface area contributed by atoms with Gasteiger partial charge in [0.05, 0.1) is 35.8 Å². The molecule has 3 aromatic rings. The monoisotopic (exact) mass is 646 g/mol. The fourth-order valence-electron chi connectivity index (χ4n) is 5.48. The molecule has 5 rings (SSSR count). The van der Waals surface area contributed by atoms with Gasteiger partial charge in [0.25, 0.3) is 11.8 Å². The molecule has 0 radical (unpaired) electrons. The number of fused-ring (bicyclic) bond motifs is 1. The molecule has 2 aliphatic rings. The van der Waals surface area contributed by atoms with Crippen LogP contribution in [0.15, 0.2) is 59.5 Å². The average Bonchev–Trinajstić information content (AvgIpc) is 3.42. The van der Waals surface area contributed by atoms with Crippen LogP contribution in [0.2, 0.25) is 0 Å². The highest BCUT2D eigenvalue weighted by Crippen LogP contribution is 2.38. The molecule has 3 heterocycles. The molecule has 1 N–H and O–H groups in total. The van der Waals surface area contributed by atoms with Crippen LogP contribution in [0.1, 0.15) is 49.6 Å². The maximum atomic E-state index is 13.8. The smallest absolute Gasteiger partial charge is 0.257 e. The van der Waals surface area contributed by atoms with Gasteiger partial charge in [-0.15, -0.1) is 11.3 Å². The van der Waals surface area contributed by atoms with Crippen molar-refractivity contribution in [1.82, 2.24) is 14.1 Å². The topological polar surface area (TPSA) is 147 Å². The highest BCUT2D eigenvalue weighted by molar-refractivity contribution is 7.89. The molecule has 0 atom stereocenters. The number of hydrogen-bond donors (Lipinski definition) is 1. The molecule has 0 saturated carbocycles. The first-order chi connectivity index (χ1) is 21.8. The van der Waals surface area contributed by atoms with E-state index in [-0.39, 0.29) is 42.3 Å². The zero-order valence-electron chi connectivity index (χ0n) is 24.8. The number of benzene rings is 2. The zero-order valence-corrected chi connectivity index (χ0v) is 26.4. The quantitative estimate of drug-likeness (QED) is 0.331. The number of hydrogen-bond acceptors (Lipinski definition) is 9. The van der Waals surface area contributed by atoms with Gasteiger partial charge in [-0.2, -0.15) is 14.8 Å². The van der Waals surface area contributed by atoms with Crippen LogP contribution >= 0.6 is 11.3 Å². The van der Waals surface area contributed by atoms with Crippen molar-refractivity contribution in [2.75, 3.05) is 51.3 Å². The summed E-state index contributed by atoms with van der Waals surface area (Å²) in [6.07, 6.45) is 0.664. The standard InChI is InChI=1S/C32H34N6O5S2/c33-13-4-15-38(16-5-14-34)45(41,42)26-10-8-25(9-11-26)30(39)35-31-29(32(40)37-18-20-43-21-19-37)27-12-17-36(23-28(27)44-31)22-24-6-2-1-3-7-24/h1-3,6-11H,4-5,12,15-23H2,(H,35,39). The number of ether oxygens (including phenoxy) is 1. The third kappa shape index (κ3) is 7.59. The van der Waals surface area contributed by atoms with Gasteiger partial charge in [-0.1, -0.05) is 30.3 Å². The molecule has 2 amide bonds. The molecule has 45 heavy (non-hydrogen) atoms. The Morgan fingerprint density at radius 2 is 1.62 bits per heavy atom. The van der Waals surface area contributed by atoms with Gasteiger partial charge >= 0.3 is 0 Å². The number of nitrogens with zero attached hydrogens (tertiary/aromatic N) is 5. The fourth-order valence-corrected chi connectivity index (χ4v) is 8.19. The Hall–Kier alpha value is -4.11. The second kappa shape index (κ2) is 14.8. The van der Waals surface area contributed by atoms with Crippen molar-refractivity contribution in [1.29, 1.82) is 10.5 Å². The summed E-state index contributed by atoms with van der Waals surface area (Å²) in [4.78, 5) is 32.4. The Morgan fingerprint density at radius 1 is 0.956 bits per heavy atom. The largest absolute Gasteiger partial charge is 0.378 e. The Balaban J connectivity index is 1.37. The number of anilines is 1. The van der Waals surface area contributed by atoms with Crippen LogP contribution in [0.5, 0.6) is 0 Å². The minimum atomic E-state index is -3.97. The minimum absolute atomic E-state index is 0.00847. The lowest BCUT2D eigenvalue weighted by atomic mass is 10.0. The van der Waals surface area contributed by atoms with Crippen molar-refractivity contribution in [2.24, 2.45) is 0 Å². The third-order valence-electron chi connectivity index (χ3n) is 7.82. The van der Waals surface area contributed by atoms with Gasteiger partial charge in [-0.25, -0.2) is 8.42 Å². The molecular weight excluding hydrogens is 613 g/mol. The predicted octanol–water partition coefficient (Wildman–Crippen LogP) is 3.85. The number of morpholine rings is 1. The van der Waals surface area contributed by atoms with E-state index in [1.807, 2.05) is 30.3 Å². The number of carbonyl (C=O) groups is 2. The second-order valence-electron chi connectivity index (χ2n) is 10.8. The summed E-state index contributed by atoms with van der Waals surface area (Å²) in [6, 6.07) is 19.6. The van der Waals surface area contributed by atoms with Crippen LogP contribution in [-0.2, 0) is 34.3 Å². The van der Waals surface area contributed by atoms with E-state index < -0.39 is 15.9 Å². The van der Waals surface area contributed by atoms with Crippen LogP contribution in [0.25, 0.3) is 0 Å². The highest BCUT2D eigenvalue weighted by atomic mass is 32.2. The number of rotatable bonds is 11. The Kier molecular flexibility index (Phi) is 10.6. The van der Waals surface area contributed by atoms with E-state index in [9.17, 15) is 18.0 Å². The average molecular weight is 647 g/mol. The lowest BCUT2D eigenvalue weighted by molar-refractivity contribution is 0.0302. The Morgan fingerprint density at radius 3 is 2.27 bits per heavy atom. The van der Waals surface area contributed by atoms with Crippen LogP contribution < -0.4 is 5.32 Å². The Labute approximate surface area is 267 Å². The normalized spacial score (nSPS) is 15.2. The number of nitriles is 2. The van der Waals surface area contributed by atoms with Crippen LogP contribution in [0.4, 0.5) is 5.00 Å². The van der Waals surface area contributed by atoms with Crippen molar-refractivity contribution in [2.45, 2.75) is 37.2 Å².